The minimum absolute atomic E-state index is 0.0258. The maximum Gasteiger partial charge on any atom is 0.308 e. The van der Waals surface area contributed by atoms with Crippen LogP contribution in [0.3, 0.4) is 0 Å². The first-order valence-electron chi connectivity index (χ1n) is 5.16. The Hall–Kier alpha value is -1.66. The molecule has 0 saturated carbocycles. The summed E-state index contributed by atoms with van der Waals surface area (Å²) in [6, 6.07) is 7.34. The lowest BCUT2D eigenvalue weighted by molar-refractivity contribution is -0.137. The van der Waals surface area contributed by atoms with E-state index in [2.05, 4.69) is 0 Å². The second kappa shape index (κ2) is 5.32. The number of thiophene rings is 2. The zero-order valence-electron chi connectivity index (χ0n) is 9.25. The van der Waals surface area contributed by atoms with Crippen molar-refractivity contribution in [3.8, 4) is 9.75 Å². The van der Waals surface area contributed by atoms with E-state index in [0.717, 1.165) is 19.5 Å². The number of aliphatic carboxylic acids is 2. The Morgan fingerprint density at radius 1 is 0.833 bits per heavy atom. The highest BCUT2D eigenvalue weighted by Gasteiger charge is 2.09. The van der Waals surface area contributed by atoms with Gasteiger partial charge in [0, 0.05) is 19.5 Å². The highest BCUT2D eigenvalue weighted by molar-refractivity contribution is 7.22. The minimum Gasteiger partial charge on any atom is -0.481 e. The maximum absolute atomic E-state index is 10.6. The quantitative estimate of drug-likeness (QED) is 0.884. The average molecular weight is 282 g/mol. The Morgan fingerprint density at radius 2 is 1.22 bits per heavy atom. The van der Waals surface area contributed by atoms with Gasteiger partial charge in [-0.25, -0.2) is 0 Å². The predicted molar refractivity (Wildman–Crippen MR) is 70.3 cm³/mol. The lowest BCUT2D eigenvalue weighted by Crippen LogP contribution is -1.96. The van der Waals surface area contributed by atoms with Gasteiger partial charge in [-0.15, -0.1) is 22.7 Å². The van der Waals surface area contributed by atoms with Crippen molar-refractivity contribution >= 4 is 34.6 Å². The van der Waals surface area contributed by atoms with Gasteiger partial charge in [-0.3, -0.25) is 9.59 Å². The van der Waals surface area contributed by atoms with Crippen LogP contribution in [-0.2, 0) is 22.4 Å². The van der Waals surface area contributed by atoms with E-state index in [9.17, 15) is 9.59 Å². The van der Waals surface area contributed by atoms with Gasteiger partial charge in [-0.2, -0.15) is 0 Å². The molecule has 2 rings (SSSR count). The summed E-state index contributed by atoms with van der Waals surface area (Å²) in [6.07, 6.45) is 0.0516. The van der Waals surface area contributed by atoms with Crippen LogP contribution in [0.2, 0.25) is 0 Å². The molecule has 0 bridgehead atoms. The largest absolute Gasteiger partial charge is 0.481 e. The summed E-state index contributed by atoms with van der Waals surface area (Å²) in [5.74, 6) is -1.69. The molecule has 2 aromatic heterocycles. The number of carbonyl (C=O) groups is 2. The number of carboxylic acids is 2. The van der Waals surface area contributed by atoms with E-state index in [0.29, 0.717) is 0 Å². The predicted octanol–water partition coefficient (Wildman–Crippen LogP) is 2.73. The molecule has 0 aromatic carbocycles. The van der Waals surface area contributed by atoms with E-state index in [1.807, 2.05) is 12.1 Å². The van der Waals surface area contributed by atoms with Gasteiger partial charge in [0.15, 0.2) is 0 Å². The molecule has 0 unspecified atom stereocenters. The second-order valence-corrected chi connectivity index (χ2v) is 6.01. The van der Waals surface area contributed by atoms with Gasteiger partial charge in [0.1, 0.15) is 0 Å². The van der Waals surface area contributed by atoms with Crippen LogP contribution in [0.4, 0.5) is 0 Å². The lowest BCUT2D eigenvalue weighted by Gasteiger charge is -1.91. The summed E-state index contributed by atoms with van der Waals surface area (Å²) in [5.41, 5.74) is 0. The van der Waals surface area contributed by atoms with Gasteiger partial charge in [0.2, 0.25) is 0 Å². The van der Waals surface area contributed by atoms with Crippen molar-refractivity contribution in [2.24, 2.45) is 0 Å². The standard InChI is InChI=1S/C12H10O4S2/c13-11(14)5-7-1-3-9(17-7)10-4-2-8(18-10)6-12(15)16/h1-4H,5-6H2,(H,13,14)(H,15,16). The number of hydrogen-bond acceptors (Lipinski definition) is 4. The van der Waals surface area contributed by atoms with E-state index >= 15 is 0 Å². The van der Waals surface area contributed by atoms with E-state index in [1.165, 1.54) is 22.7 Å². The number of carboxylic acid groups (broad SMARTS) is 2. The SMILES string of the molecule is O=C(O)Cc1ccc(-c2ccc(CC(=O)O)s2)s1. The summed E-state index contributed by atoms with van der Waals surface area (Å²) in [5, 5.41) is 17.4. The van der Waals surface area contributed by atoms with E-state index in [1.54, 1.807) is 12.1 Å². The minimum atomic E-state index is -0.846. The van der Waals surface area contributed by atoms with Crippen molar-refractivity contribution in [2.75, 3.05) is 0 Å². The molecule has 2 aromatic rings. The summed E-state index contributed by atoms with van der Waals surface area (Å²) in [4.78, 5) is 24.7. The lowest BCUT2D eigenvalue weighted by atomic mass is 10.3. The van der Waals surface area contributed by atoms with Gasteiger partial charge in [-0.1, -0.05) is 0 Å². The molecule has 0 fully saturated rings. The van der Waals surface area contributed by atoms with E-state index in [4.69, 9.17) is 10.2 Å². The van der Waals surface area contributed by atoms with Crippen molar-refractivity contribution in [1.82, 2.24) is 0 Å². The second-order valence-electron chi connectivity index (χ2n) is 3.67. The van der Waals surface area contributed by atoms with Crippen LogP contribution in [0.1, 0.15) is 9.75 Å². The molecule has 4 nitrogen and oxygen atoms in total. The Labute approximate surface area is 111 Å². The molecule has 0 spiro atoms. The van der Waals surface area contributed by atoms with Crippen LogP contribution >= 0.6 is 22.7 Å². The molecule has 0 aliphatic rings. The fourth-order valence-electron chi connectivity index (χ4n) is 1.51. The van der Waals surface area contributed by atoms with Crippen molar-refractivity contribution < 1.29 is 19.8 Å². The highest BCUT2D eigenvalue weighted by atomic mass is 32.1. The van der Waals surface area contributed by atoms with Crippen molar-refractivity contribution in [3.63, 3.8) is 0 Å². The van der Waals surface area contributed by atoms with Gasteiger partial charge in [0.25, 0.3) is 0 Å². The van der Waals surface area contributed by atoms with Gasteiger partial charge in [0.05, 0.1) is 12.8 Å². The van der Waals surface area contributed by atoms with Crippen molar-refractivity contribution in [2.45, 2.75) is 12.8 Å². The maximum atomic E-state index is 10.6. The van der Waals surface area contributed by atoms with Gasteiger partial charge in [-0.05, 0) is 24.3 Å². The van der Waals surface area contributed by atoms with Crippen LogP contribution in [0.5, 0.6) is 0 Å². The van der Waals surface area contributed by atoms with Crippen LogP contribution < -0.4 is 0 Å². The molecule has 6 heteroatoms. The van der Waals surface area contributed by atoms with Crippen molar-refractivity contribution in [1.29, 1.82) is 0 Å². The molecule has 2 N–H and O–H groups in total. The highest BCUT2D eigenvalue weighted by Crippen LogP contribution is 2.33. The molecule has 0 saturated heterocycles. The first-order chi connectivity index (χ1) is 8.54. The molecule has 0 radical (unpaired) electrons. The first-order valence-corrected chi connectivity index (χ1v) is 6.79. The summed E-state index contributed by atoms with van der Waals surface area (Å²) in [6.45, 7) is 0. The fraction of sp³-hybridized carbons (Fsp3) is 0.167. The van der Waals surface area contributed by atoms with Crippen LogP contribution in [0.25, 0.3) is 9.75 Å². The first kappa shape index (κ1) is 12.8. The van der Waals surface area contributed by atoms with Gasteiger partial charge >= 0.3 is 11.9 Å². The molecule has 2 heterocycles. The molecule has 18 heavy (non-hydrogen) atoms. The zero-order valence-corrected chi connectivity index (χ0v) is 10.9. The Kier molecular flexibility index (Phi) is 3.78. The fourth-order valence-corrected chi connectivity index (χ4v) is 3.60. The molecule has 0 aliphatic carbocycles. The number of hydrogen-bond donors (Lipinski definition) is 2. The summed E-state index contributed by atoms with van der Waals surface area (Å²) in [7, 11) is 0. The molecular weight excluding hydrogens is 272 g/mol. The zero-order chi connectivity index (χ0) is 13.1. The monoisotopic (exact) mass is 282 g/mol. The number of rotatable bonds is 5. The third-order valence-corrected chi connectivity index (χ3v) is 4.58. The topological polar surface area (TPSA) is 74.6 Å². The Balaban J connectivity index is 2.15. The molecular formula is C12H10O4S2. The average Bonchev–Trinajstić information content (AvgIpc) is 2.85. The van der Waals surface area contributed by atoms with E-state index in [-0.39, 0.29) is 12.8 Å². The molecule has 0 aliphatic heterocycles. The molecule has 94 valence electrons. The molecule has 0 amide bonds. The molecule has 0 atom stereocenters. The Bertz CT molecular complexity index is 530. The summed E-state index contributed by atoms with van der Waals surface area (Å²) >= 11 is 2.86. The van der Waals surface area contributed by atoms with Gasteiger partial charge < -0.3 is 10.2 Å². The van der Waals surface area contributed by atoms with Crippen LogP contribution in [-0.4, -0.2) is 22.2 Å². The van der Waals surface area contributed by atoms with Crippen LogP contribution in [0, 0.1) is 0 Å². The smallest absolute Gasteiger partial charge is 0.308 e. The summed E-state index contributed by atoms with van der Waals surface area (Å²) < 4.78 is 0. The van der Waals surface area contributed by atoms with Crippen molar-refractivity contribution in [3.05, 3.63) is 34.0 Å². The van der Waals surface area contributed by atoms with E-state index < -0.39 is 11.9 Å². The Morgan fingerprint density at radius 3 is 1.56 bits per heavy atom. The third kappa shape index (κ3) is 3.18. The third-order valence-electron chi connectivity index (χ3n) is 2.22. The normalized spacial score (nSPS) is 10.4. The van der Waals surface area contributed by atoms with Crippen LogP contribution in [0.15, 0.2) is 24.3 Å².